The van der Waals surface area contributed by atoms with Gasteiger partial charge in [-0.2, -0.15) is 43.9 Å². The molecule has 34 heavy (non-hydrogen) atoms. The average Bonchev–Trinajstić information content (AvgIpc) is 2.68. The third-order valence-electron chi connectivity index (χ3n) is 4.37. The zero-order valence-corrected chi connectivity index (χ0v) is 17.2. The Balaban J connectivity index is 3.35. The summed E-state index contributed by atoms with van der Waals surface area (Å²) < 4.78 is 213. The lowest BCUT2D eigenvalue weighted by molar-refractivity contribution is -0.243. The van der Waals surface area contributed by atoms with E-state index in [-0.39, 0.29) is 6.42 Å². The number of halogens is 16. The van der Waals surface area contributed by atoms with Gasteiger partial charge in [0.15, 0.2) is 29.4 Å². The number of rotatable bonds is 10. The van der Waals surface area contributed by atoms with Crippen LogP contribution in [0, 0.1) is 29.1 Å². The van der Waals surface area contributed by atoms with Crippen molar-refractivity contribution in [3.05, 3.63) is 29.1 Å². The molecule has 0 nitrogen and oxygen atoms in total. The summed E-state index contributed by atoms with van der Waals surface area (Å²) >= 11 is 0. The van der Waals surface area contributed by atoms with Crippen molar-refractivity contribution in [3.8, 4) is 0 Å². The van der Waals surface area contributed by atoms with E-state index in [0.29, 0.717) is 0 Å². The Bertz CT molecular complexity index is 814. The Labute approximate surface area is 182 Å². The fourth-order valence-electron chi connectivity index (χ4n) is 2.71. The second-order valence-corrected chi connectivity index (χ2v) is 9.19. The third-order valence-corrected chi connectivity index (χ3v) is 6.91. The maximum Gasteiger partial charge on any atom is 0.458 e. The van der Waals surface area contributed by atoms with Crippen molar-refractivity contribution in [2.45, 2.75) is 68.4 Å². The normalized spacial score (nSPS) is 15.5. The van der Waals surface area contributed by atoms with Crippen LogP contribution in [0.15, 0.2) is 0 Å². The monoisotopic (exact) mass is 552 g/mol. The molecule has 1 aromatic carbocycles. The Morgan fingerprint density at radius 2 is 1.00 bits per heavy atom. The van der Waals surface area contributed by atoms with Crippen LogP contribution < -0.4 is 5.30 Å². The maximum absolute atomic E-state index is 14.5. The number of benzene rings is 1. The molecule has 17 heteroatoms. The van der Waals surface area contributed by atoms with Crippen LogP contribution in [0.25, 0.3) is 0 Å². The van der Waals surface area contributed by atoms with Gasteiger partial charge >= 0.3 is 23.7 Å². The summed E-state index contributed by atoms with van der Waals surface area (Å²) in [5.41, 5.74) is -12.8. The number of alkyl halides is 11. The summed E-state index contributed by atoms with van der Waals surface area (Å²) in [7, 11) is -6.11. The Morgan fingerprint density at radius 1 is 0.588 bits per heavy atom. The van der Waals surface area contributed by atoms with Crippen LogP contribution >= 0.6 is 7.92 Å². The number of hydrogen-bond acceptors (Lipinski definition) is 0. The second kappa shape index (κ2) is 10.7. The molecule has 0 aliphatic heterocycles. The standard InChI is InChI=1S/C17H13F16P/c18-7(5-3-1-2-4-6-14(24,25)26)15(27,28)34(17(32,33)16(29,30)31)13-11(22)9(20)8(19)10(21)12(13)23/h7H,1-6H2. The van der Waals surface area contributed by atoms with Gasteiger partial charge in [0.1, 0.15) is 0 Å². The molecule has 2 atom stereocenters. The highest BCUT2D eigenvalue weighted by molar-refractivity contribution is 7.68. The topological polar surface area (TPSA) is 0 Å². The van der Waals surface area contributed by atoms with Gasteiger partial charge in [-0.05, 0) is 12.8 Å². The number of unbranched alkanes of at least 4 members (excludes halogenated alkanes) is 3. The van der Waals surface area contributed by atoms with E-state index < -0.39 is 104 Å². The molecule has 0 radical (unpaired) electrons. The predicted molar refractivity (Wildman–Crippen MR) is 87.4 cm³/mol. The van der Waals surface area contributed by atoms with Gasteiger partial charge in [0.05, 0.1) is 13.2 Å². The minimum absolute atomic E-state index is 0.330. The van der Waals surface area contributed by atoms with Gasteiger partial charge in [-0.1, -0.05) is 19.3 Å². The van der Waals surface area contributed by atoms with Gasteiger partial charge in [0, 0.05) is 6.42 Å². The highest BCUT2D eigenvalue weighted by Gasteiger charge is 2.72. The first-order valence-corrected chi connectivity index (χ1v) is 10.4. The second-order valence-electron chi connectivity index (χ2n) is 6.92. The van der Waals surface area contributed by atoms with E-state index in [4.69, 9.17) is 0 Å². The highest BCUT2D eigenvalue weighted by atomic mass is 31.1. The summed E-state index contributed by atoms with van der Waals surface area (Å²) in [5.74, 6) is -16.1. The van der Waals surface area contributed by atoms with Crippen LogP contribution in [0.3, 0.4) is 0 Å². The third kappa shape index (κ3) is 6.60. The minimum Gasteiger partial charge on any atom is -0.240 e. The molecule has 0 heterocycles. The van der Waals surface area contributed by atoms with E-state index in [2.05, 4.69) is 0 Å². The molecule has 0 aromatic heterocycles. The molecule has 0 amide bonds. The van der Waals surface area contributed by atoms with Crippen LogP contribution in [0.2, 0.25) is 0 Å². The van der Waals surface area contributed by atoms with Crippen molar-refractivity contribution in [2.24, 2.45) is 0 Å². The van der Waals surface area contributed by atoms with Crippen LogP contribution in [0.5, 0.6) is 0 Å². The molecule has 2 unspecified atom stereocenters. The molecular formula is C17H13F16P. The maximum atomic E-state index is 14.5. The summed E-state index contributed by atoms with van der Waals surface area (Å²) in [6.45, 7) is 0. The molecule has 198 valence electrons. The summed E-state index contributed by atoms with van der Waals surface area (Å²) in [6, 6.07) is 0. The molecule has 0 aliphatic carbocycles. The lowest BCUT2D eigenvalue weighted by Crippen LogP contribution is -2.47. The molecule has 0 aliphatic rings. The van der Waals surface area contributed by atoms with Crippen molar-refractivity contribution in [1.82, 2.24) is 0 Å². The molecule has 0 bridgehead atoms. The number of hydrogen-bond donors (Lipinski definition) is 0. The van der Waals surface area contributed by atoms with Gasteiger partial charge in [-0.15, -0.1) is 0 Å². The smallest absolute Gasteiger partial charge is 0.240 e. The zero-order valence-electron chi connectivity index (χ0n) is 16.3. The molecule has 0 N–H and O–H groups in total. The molecule has 0 fully saturated rings. The van der Waals surface area contributed by atoms with E-state index in [9.17, 15) is 70.2 Å². The Hall–Kier alpha value is -1.47. The molecule has 1 rings (SSSR count). The SMILES string of the molecule is Fc1c(F)c(F)c(P(C(F)(F)C(F)CCCCCCC(F)(F)F)C(F)(F)C(F)(F)F)c(F)c1F. The van der Waals surface area contributed by atoms with Gasteiger partial charge in [0.25, 0.3) is 0 Å². The molecule has 0 spiro atoms. The fourth-order valence-corrected chi connectivity index (χ4v) is 4.91. The molecular weight excluding hydrogens is 539 g/mol. The van der Waals surface area contributed by atoms with E-state index in [1.807, 2.05) is 0 Å². The minimum atomic E-state index is -7.01. The highest BCUT2D eigenvalue weighted by Crippen LogP contribution is 2.69. The molecule has 1 aromatic rings. The Morgan fingerprint density at radius 3 is 1.41 bits per heavy atom. The zero-order chi connectivity index (χ0) is 26.9. The Kier molecular flexibility index (Phi) is 9.57. The van der Waals surface area contributed by atoms with E-state index >= 15 is 0 Å². The van der Waals surface area contributed by atoms with Crippen molar-refractivity contribution < 1.29 is 70.2 Å². The summed E-state index contributed by atoms with van der Waals surface area (Å²) in [4.78, 5) is 0. The van der Waals surface area contributed by atoms with Gasteiger partial charge < -0.3 is 0 Å². The van der Waals surface area contributed by atoms with Gasteiger partial charge in [0.2, 0.25) is 5.82 Å². The van der Waals surface area contributed by atoms with Crippen LogP contribution in [0.4, 0.5) is 70.2 Å². The predicted octanol–water partition coefficient (Wildman–Crippen LogP) is 8.48. The van der Waals surface area contributed by atoms with Crippen LogP contribution in [0.1, 0.15) is 38.5 Å². The van der Waals surface area contributed by atoms with Crippen molar-refractivity contribution in [3.63, 3.8) is 0 Å². The van der Waals surface area contributed by atoms with Gasteiger partial charge in [-0.3, -0.25) is 0 Å². The lowest BCUT2D eigenvalue weighted by atomic mass is 10.1. The molecule has 0 saturated carbocycles. The lowest BCUT2D eigenvalue weighted by Gasteiger charge is -2.36. The van der Waals surface area contributed by atoms with E-state index in [1.165, 1.54) is 0 Å². The first kappa shape index (κ1) is 30.6. The van der Waals surface area contributed by atoms with E-state index in [1.54, 1.807) is 0 Å². The van der Waals surface area contributed by atoms with Crippen LogP contribution in [-0.2, 0) is 0 Å². The quantitative estimate of drug-likeness (QED) is 0.0899. The summed E-state index contributed by atoms with van der Waals surface area (Å²) in [6.07, 6.45) is -20.5. The average molecular weight is 552 g/mol. The van der Waals surface area contributed by atoms with Crippen molar-refractivity contribution >= 4 is 13.2 Å². The van der Waals surface area contributed by atoms with Crippen LogP contribution in [-0.4, -0.2) is 29.9 Å². The first-order valence-electron chi connectivity index (χ1n) is 9.02. The fraction of sp³-hybridized carbons (Fsp3) is 0.647. The van der Waals surface area contributed by atoms with Crippen molar-refractivity contribution in [1.29, 1.82) is 0 Å². The molecule has 0 saturated heterocycles. The van der Waals surface area contributed by atoms with Crippen molar-refractivity contribution in [2.75, 3.05) is 0 Å². The van der Waals surface area contributed by atoms with E-state index in [0.717, 1.165) is 0 Å². The summed E-state index contributed by atoms with van der Waals surface area (Å²) in [5, 5.41) is -3.20. The first-order chi connectivity index (χ1) is 15.2. The van der Waals surface area contributed by atoms with Gasteiger partial charge in [-0.25, -0.2) is 26.3 Å². The largest absolute Gasteiger partial charge is 0.458 e.